The second-order valence-electron chi connectivity index (χ2n) is 5.99. The Hall–Kier alpha value is -1.80. The van der Waals surface area contributed by atoms with Gasteiger partial charge in [0.2, 0.25) is 0 Å². The highest BCUT2D eigenvalue weighted by Crippen LogP contribution is 2.33. The molecular weight excluding hydrogens is 354 g/mol. The smallest absolute Gasteiger partial charge is 0.335 e. The fourth-order valence-electron chi connectivity index (χ4n) is 2.79. The van der Waals surface area contributed by atoms with Crippen LogP contribution in [0.25, 0.3) is 5.57 Å². The predicted molar refractivity (Wildman–Crippen MR) is 88.5 cm³/mol. The van der Waals surface area contributed by atoms with Gasteiger partial charge in [0.1, 0.15) is 12.3 Å². The first-order chi connectivity index (χ1) is 11.7. The molecule has 138 valence electrons. The number of hydrogen-bond acceptors (Lipinski definition) is 4. The van der Waals surface area contributed by atoms with Crippen LogP contribution in [-0.4, -0.2) is 51.3 Å². The van der Waals surface area contributed by atoms with Crippen LogP contribution < -0.4 is 0 Å². The zero-order valence-corrected chi connectivity index (χ0v) is 14.5. The minimum atomic E-state index is -3.51. The maximum absolute atomic E-state index is 13.3. The Bertz CT molecular complexity index is 733. The molecule has 0 bridgehead atoms. The molecule has 1 N–H and O–H groups in total. The van der Waals surface area contributed by atoms with Crippen LogP contribution in [0.2, 0.25) is 0 Å². The van der Waals surface area contributed by atoms with Gasteiger partial charge in [-0.1, -0.05) is 18.2 Å². The molecular formula is C17H20F2O5S. The third kappa shape index (κ3) is 4.85. The van der Waals surface area contributed by atoms with Gasteiger partial charge in [-0.2, -0.15) is 0 Å². The standard InChI is InChI=1S/C17H20F2O5S/c1-24-6-7-25(22,23)13-4-2-12(3-5-13)14(17(20)21)8-11-9-15(18)16(19)10-11/h2-5,8,11,15-16H,6-7,9-10H2,1H3,(H,20,21)/t11?,15-,16+. The molecule has 1 aromatic carbocycles. The van der Waals surface area contributed by atoms with E-state index < -0.39 is 34.1 Å². The van der Waals surface area contributed by atoms with Gasteiger partial charge in [-0.3, -0.25) is 0 Å². The minimum absolute atomic E-state index is 0.0541. The zero-order valence-electron chi connectivity index (χ0n) is 13.7. The Morgan fingerprint density at radius 1 is 1.24 bits per heavy atom. The van der Waals surface area contributed by atoms with Gasteiger partial charge in [0.15, 0.2) is 9.84 Å². The molecule has 0 aromatic heterocycles. The molecule has 8 heteroatoms. The van der Waals surface area contributed by atoms with Crippen molar-refractivity contribution in [2.45, 2.75) is 30.1 Å². The van der Waals surface area contributed by atoms with Gasteiger partial charge < -0.3 is 9.84 Å². The summed E-state index contributed by atoms with van der Waals surface area (Å²) in [4.78, 5) is 11.5. The lowest BCUT2D eigenvalue weighted by molar-refractivity contribution is -0.130. The molecule has 0 spiro atoms. The Morgan fingerprint density at radius 2 is 1.80 bits per heavy atom. The molecule has 1 aliphatic carbocycles. The van der Waals surface area contributed by atoms with Crippen LogP contribution in [0.15, 0.2) is 35.2 Å². The highest BCUT2D eigenvalue weighted by atomic mass is 32.2. The summed E-state index contributed by atoms with van der Waals surface area (Å²) in [7, 11) is -2.11. The van der Waals surface area contributed by atoms with Crippen LogP contribution >= 0.6 is 0 Å². The second kappa shape index (κ2) is 8.05. The summed E-state index contributed by atoms with van der Waals surface area (Å²) in [6.07, 6.45) is -1.92. The van der Waals surface area contributed by atoms with E-state index >= 15 is 0 Å². The van der Waals surface area contributed by atoms with E-state index in [1.807, 2.05) is 0 Å². The number of allylic oxidation sites excluding steroid dienone is 1. The maximum Gasteiger partial charge on any atom is 0.335 e. The number of aliphatic carboxylic acids is 1. The van der Waals surface area contributed by atoms with Crippen LogP contribution in [0, 0.1) is 5.92 Å². The first kappa shape index (κ1) is 19.5. The van der Waals surface area contributed by atoms with Gasteiger partial charge in [-0.05, 0) is 36.5 Å². The number of ether oxygens (including phenoxy) is 1. The molecule has 1 fully saturated rings. The van der Waals surface area contributed by atoms with Gasteiger partial charge in [0, 0.05) is 7.11 Å². The van der Waals surface area contributed by atoms with Crippen LogP contribution in [0.5, 0.6) is 0 Å². The van der Waals surface area contributed by atoms with Gasteiger partial charge in [0.25, 0.3) is 0 Å². The molecule has 25 heavy (non-hydrogen) atoms. The number of halogens is 2. The summed E-state index contributed by atoms with van der Waals surface area (Å²) < 4.78 is 55.4. The number of benzene rings is 1. The lowest BCUT2D eigenvalue weighted by Gasteiger charge is -2.09. The second-order valence-corrected chi connectivity index (χ2v) is 8.09. The van der Waals surface area contributed by atoms with Gasteiger partial charge in [0.05, 0.1) is 22.8 Å². The third-order valence-corrected chi connectivity index (χ3v) is 5.86. The van der Waals surface area contributed by atoms with E-state index in [0.717, 1.165) is 0 Å². The molecule has 2 rings (SSSR count). The monoisotopic (exact) mass is 374 g/mol. The molecule has 0 amide bonds. The van der Waals surface area contributed by atoms with Crippen LogP contribution in [0.1, 0.15) is 18.4 Å². The number of rotatable bonds is 7. The van der Waals surface area contributed by atoms with Gasteiger partial charge in [-0.25, -0.2) is 22.0 Å². The number of sulfone groups is 1. The lowest BCUT2D eigenvalue weighted by Crippen LogP contribution is -2.11. The fraction of sp³-hybridized carbons (Fsp3) is 0.471. The van der Waals surface area contributed by atoms with Crippen LogP contribution in [0.3, 0.4) is 0 Å². The third-order valence-electron chi connectivity index (χ3n) is 4.16. The molecule has 5 nitrogen and oxygen atoms in total. The first-order valence-corrected chi connectivity index (χ1v) is 9.45. The van der Waals surface area contributed by atoms with E-state index in [-0.39, 0.29) is 41.2 Å². The van der Waals surface area contributed by atoms with Crippen molar-refractivity contribution in [1.82, 2.24) is 0 Å². The fourth-order valence-corrected chi connectivity index (χ4v) is 3.96. The van der Waals surface area contributed by atoms with Crippen molar-refractivity contribution in [3.05, 3.63) is 35.9 Å². The van der Waals surface area contributed by atoms with Crippen molar-refractivity contribution in [1.29, 1.82) is 0 Å². The summed E-state index contributed by atoms with van der Waals surface area (Å²) in [5, 5.41) is 9.37. The average molecular weight is 374 g/mol. The topological polar surface area (TPSA) is 80.7 Å². The number of hydrogen-bond donors (Lipinski definition) is 1. The predicted octanol–water partition coefficient (Wildman–Crippen LogP) is 2.66. The van der Waals surface area contributed by atoms with E-state index in [2.05, 4.69) is 0 Å². The summed E-state index contributed by atoms with van der Waals surface area (Å²) >= 11 is 0. The Morgan fingerprint density at radius 3 is 2.28 bits per heavy atom. The lowest BCUT2D eigenvalue weighted by atomic mass is 9.99. The van der Waals surface area contributed by atoms with E-state index in [0.29, 0.717) is 0 Å². The highest BCUT2D eigenvalue weighted by molar-refractivity contribution is 7.91. The van der Waals surface area contributed by atoms with Crippen molar-refractivity contribution in [3.8, 4) is 0 Å². The van der Waals surface area contributed by atoms with Crippen molar-refractivity contribution in [2.75, 3.05) is 19.5 Å². The molecule has 1 unspecified atom stereocenters. The van der Waals surface area contributed by atoms with Crippen molar-refractivity contribution in [2.24, 2.45) is 5.92 Å². The van der Waals surface area contributed by atoms with Crippen LogP contribution in [-0.2, 0) is 19.4 Å². The minimum Gasteiger partial charge on any atom is -0.478 e. The number of carbonyl (C=O) groups is 1. The van der Waals surface area contributed by atoms with E-state index in [9.17, 15) is 27.1 Å². The Balaban J connectivity index is 2.24. The molecule has 1 aromatic rings. The largest absolute Gasteiger partial charge is 0.478 e. The highest BCUT2D eigenvalue weighted by Gasteiger charge is 2.34. The summed E-state index contributed by atoms with van der Waals surface area (Å²) in [5.41, 5.74) is 0.197. The number of alkyl halides is 2. The maximum atomic E-state index is 13.3. The van der Waals surface area contributed by atoms with Crippen molar-refractivity contribution < 1.29 is 31.8 Å². The first-order valence-electron chi connectivity index (χ1n) is 7.80. The van der Waals surface area contributed by atoms with Crippen LogP contribution in [0.4, 0.5) is 8.78 Å². The average Bonchev–Trinajstić information content (AvgIpc) is 2.88. The molecule has 0 heterocycles. The zero-order chi connectivity index (χ0) is 18.6. The van der Waals surface area contributed by atoms with E-state index in [1.165, 1.54) is 37.5 Å². The molecule has 1 saturated carbocycles. The van der Waals surface area contributed by atoms with Crippen molar-refractivity contribution >= 4 is 21.4 Å². The molecule has 0 aliphatic heterocycles. The molecule has 1 aliphatic rings. The normalized spacial score (nSPS) is 24.4. The number of carboxylic acids is 1. The van der Waals surface area contributed by atoms with Gasteiger partial charge >= 0.3 is 5.97 Å². The van der Waals surface area contributed by atoms with Gasteiger partial charge in [-0.15, -0.1) is 0 Å². The molecule has 0 saturated heterocycles. The van der Waals surface area contributed by atoms with Crippen molar-refractivity contribution in [3.63, 3.8) is 0 Å². The molecule has 3 atom stereocenters. The Kier molecular flexibility index (Phi) is 6.29. The Labute approximate surface area is 145 Å². The SMILES string of the molecule is COCCS(=O)(=O)c1ccc(C(=CC2C[C@@H](F)[C@@H](F)C2)C(=O)O)cc1. The summed E-state index contributed by atoms with van der Waals surface area (Å²) in [6, 6.07) is 5.41. The van der Waals surface area contributed by atoms with E-state index in [4.69, 9.17) is 4.74 Å². The molecule has 0 radical (unpaired) electrons. The summed E-state index contributed by atoms with van der Waals surface area (Å²) in [5.74, 6) is -1.91. The number of carboxylic acid groups (broad SMARTS) is 1. The number of methoxy groups -OCH3 is 1. The summed E-state index contributed by atoms with van der Waals surface area (Å²) in [6.45, 7) is 0.0564. The van der Waals surface area contributed by atoms with E-state index in [1.54, 1.807) is 0 Å². The quantitative estimate of drug-likeness (QED) is 0.742.